The van der Waals surface area contributed by atoms with E-state index in [0.717, 1.165) is 23.6 Å². The molecule has 2 rings (SSSR count). The molecule has 27 heavy (non-hydrogen) atoms. The molecule has 8 heteroatoms. The van der Waals surface area contributed by atoms with Crippen LogP contribution >= 0.6 is 24.0 Å². The summed E-state index contributed by atoms with van der Waals surface area (Å²) in [4.78, 5) is 20.9. The molecule has 0 spiro atoms. The molecule has 0 saturated heterocycles. The summed E-state index contributed by atoms with van der Waals surface area (Å²) in [5.74, 6) is 2.05. The number of nitrogens with one attached hydrogen (secondary N) is 3. The van der Waals surface area contributed by atoms with E-state index >= 15 is 0 Å². The van der Waals surface area contributed by atoms with E-state index < -0.39 is 0 Å². The zero-order valence-electron chi connectivity index (χ0n) is 16.3. The van der Waals surface area contributed by atoms with Crippen molar-refractivity contribution in [2.24, 2.45) is 4.99 Å². The third-order valence-corrected chi connectivity index (χ3v) is 3.77. The molecular weight excluding hydrogens is 457 g/mol. The zero-order chi connectivity index (χ0) is 18.9. The monoisotopic (exact) mass is 485 g/mol. The minimum Gasteiger partial charge on any atom is -0.444 e. The second kappa shape index (κ2) is 11.6. The Balaban J connectivity index is 0.00000364. The van der Waals surface area contributed by atoms with Gasteiger partial charge < -0.3 is 20.4 Å². The Morgan fingerprint density at radius 2 is 1.89 bits per heavy atom. The number of amides is 1. The van der Waals surface area contributed by atoms with Crippen LogP contribution in [0.1, 0.15) is 47.1 Å². The fourth-order valence-corrected chi connectivity index (χ4v) is 2.36. The molecule has 1 heterocycles. The molecule has 0 aliphatic heterocycles. The number of benzene rings is 1. The number of aromatic nitrogens is 1. The fraction of sp³-hybridized carbons (Fsp3) is 0.421. The SMILES string of the molecule is CCNC(=O)c1cccc(CN=C(NCC)NCc2nc(C)c(C)o2)c1.I. The molecule has 0 bridgehead atoms. The number of carbonyl (C=O) groups is 1. The second-order valence-electron chi connectivity index (χ2n) is 5.86. The lowest BCUT2D eigenvalue weighted by molar-refractivity contribution is 0.0955. The number of aliphatic imine (C=N–C) groups is 1. The number of hydrogen-bond donors (Lipinski definition) is 3. The third-order valence-electron chi connectivity index (χ3n) is 3.77. The van der Waals surface area contributed by atoms with Crippen molar-refractivity contribution >= 4 is 35.8 Å². The van der Waals surface area contributed by atoms with E-state index in [-0.39, 0.29) is 29.9 Å². The van der Waals surface area contributed by atoms with Gasteiger partial charge in [0.1, 0.15) is 5.76 Å². The van der Waals surface area contributed by atoms with Crippen molar-refractivity contribution in [2.45, 2.75) is 40.8 Å². The Morgan fingerprint density at radius 1 is 1.15 bits per heavy atom. The van der Waals surface area contributed by atoms with Crippen LogP contribution in [0.2, 0.25) is 0 Å². The van der Waals surface area contributed by atoms with Crippen molar-refractivity contribution in [3.05, 3.63) is 52.7 Å². The Bertz CT molecular complexity index is 754. The molecule has 0 unspecified atom stereocenters. The number of rotatable bonds is 7. The zero-order valence-corrected chi connectivity index (χ0v) is 18.6. The van der Waals surface area contributed by atoms with Crippen molar-refractivity contribution in [1.29, 1.82) is 0 Å². The number of carbonyl (C=O) groups excluding carboxylic acids is 1. The highest BCUT2D eigenvalue weighted by atomic mass is 127. The largest absolute Gasteiger partial charge is 0.444 e. The number of nitrogens with zero attached hydrogens (tertiary/aromatic N) is 2. The molecule has 1 aromatic heterocycles. The smallest absolute Gasteiger partial charge is 0.251 e. The first-order valence-corrected chi connectivity index (χ1v) is 8.85. The molecule has 0 saturated carbocycles. The Morgan fingerprint density at radius 3 is 2.52 bits per heavy atom. The summed E-state index contributed by atoms with van der Waals surface area (Å²) in [7, 11) is 0. The topological polar surface area (TPSA) is 91.5 Å². The van der Waals surface area contributed by atoms with E-state index in [1.807, 2.05) is 45.9 Å². The van der Waals surface area contributed by atoms with Crippen LogP contribution in [0.4, 0.5) is 0 Å². The van der Waals surface area contributed by atoms with Crippen molar-refractivity contribution in [3.63, 3.8) is 0 Å². The van der Waals surface area contributed by atoms with Crippen LogP contribution in [0.15, 0.2) is 33.7 Å². The number of hydrogen-bond acceptors (Lipinski definition) is 4. The van der Waals surface area contributed by atoms with Gasteiger partial charge in [-0.05, 0) is 45.4 Å². The van der Waals surface area contributed by atoms with Crippen molar-refractivity contribution in [1.82, 2.24) is 20.9 Å². The quantitative estimate of drug-likeness (QED) is 0.319. The van der Waals surface area contributed by atoms with Gasteiger partial charge in [0.15, 0.2) is 5.96 Å². The highest BCUT2D eigenvalue weighted by molar-refractivity contribution is 14.0. The number of oxazole rings is 1. The molecule has 1 aromatic carbocycles. The number of guanidine groups is 1. The first-order valence-electron chi connectivity index (χ1n) is 8.85. The van der Waals surface area contributed by atoms with E-state index in [9.17, 15) is 4.79 Å². The maximum Gasteiger partial charge on any atom is 0.251 e. The van der Waals surface area contributed by atoms with E-state index in [2.05, 4.69) is 25.9 Å². The summed E-state index contributed by atoms with van der Waals surface area (Å²) in [5, 5.41) is 9.20. The summed E-state index contributed by atoms with van der Waals surface area (Å²) in [6.45, 7) is 10.00. The molecule has 0 aliphatic carbocycles. The van der Waals surface area contributed by atoms with Gasteiger partial charge in [-0.1, -0.05) is 12.1 Å². The minimum absolute atomic E-state index is 0. The predicted octanol–water partition coefficient (Wildman–Crippen LogP) is 2.91. The molecule has 0 fully saturated rings. The minimum atomic E-state index is -0.0713. The van der Waals surface area contributed by atoms with Crippen LogP contribution < -0.4 is 16.0 Å². The summed E-state index contributed by atoms with van der Waals surface area (Å²) in [5.41, 5.74) is 2.50. The normalized spacial score (nSPS) is 10.9. The van der Waals surface area contributed by atoms with Gasteiger partial charge in [-0.3, -0.25) is 4.79 Å². The van der Waals surface area contributed by atoms with Crippen LogP contribution in [-0.2, 0) is 13.1 Å². The lowest BCUT2D eigenvalue weighted by atomic mass is 10.1. The fourth-order valence-electron chi connectivity index (χ4n) is 2.36. The van der Waals surface area contributed by atoms with E-state index in [1.165, 1.54) is 0 Å². The van der Waals surface area contributed by atoms with Crippen LogP contribution in [0.5, 0.6) is 0 Å². The maximum absolute atomic E-state index is 11.9. The Hall–Kier alpha value is -2.10. The second-order valence-corrected chi connectivity index (χ2v) is 5.86. The van der Waals surface area contributed by atoms with Gasteiger partial charge in [0.25, 0.3) is 5.91 Å². The van der Waals surface area contributed by atoms with Crippen LogP contribution in [0.25, 0.3) is 0 Å². The number of aryl methyl sites for hydroxylation is 2. The summed E-state index contributed by atoms with van der Waals surface area (Å²) < 4.78 is 5.57. The van der Waals surface area contributed by atoms with Gasteiger partial charge in [-0.15, -0.1) is 24.0 Å². The first kappa shape index (κ1) is 22.9. The molecule has 0 radical (unpaired) electrons. The maximum atomic E-state index is 11.9. The summed E-state index contributed by atoms with van der Waals surface area (Å²) >= 11 is 0. The van der Waals surface area contributed by atoms with Crippen molar-refractivity contribution in [3.8, 4) is 0 Å². The van der Waals surface area contributed by atoms with Crippen LogP contribution in [0.3, 0.4) is 0 Å². The van der Waals surface area contributed by atoms with Gasteiger partial charge in [0, 0.05) is 18.7 Å². The van der Waals surface area contributed by atoms with E-state index in [0.29, 0.717) is 37.0 Å². The molecular formula is C19H28IN5O2. The van der Waals surface area contributed by atoms with Gasteiger partial charge in [-0.2, -0.15) is 0 Å². The molecule has 7 nitrogen and oxygen atoms in total. The highest BCUT2D eigenvalue weighted by Gasteiger charge is 2.07. The van der Waals surface area contributed by atoms with Gasteiger partial charge in [0.2, 0.25) is 5.89 Å². The lowest BCUT2D eigenvalue weighted by Crippen LogP contribution is -2.36. The average molecular weight is 485 g/mol. The predicted molar refractivity (Wildman–Crippen MR) is 117 cm³/mol. The van der Waals surface area contributed by atoms with Crippen molar-refractivity contribution < 1.29 is 9.21 Å². The van der Waals surface area contributed by atoms with Crippen molar-refractivity contribution in [2.75, 3.05) is 13.1 Å². The Kier molecular flexibility index (Phi) is 9.84. The van der Waals surface area contributed by atoms with E-state index in [4.69, 9.17) is 4.42 Å². The molecule has 3 N–H and O–H groups in total. The first-order chi connectivity index (χ1) is 12.5. The average Bonchev–Trinajstić information content (AvgIpc) is 2.96. The summed E-state index contributed by atoms with van der Waals surface area (Å²) in [6.07, 6.45) is 0. The third kappa shape index (κ3) is 7.20. The van der Waals surface area contributed by atoms with Crippen LogP contribution in [-0.4, -0.2) is 29.9 Å². The van der Waals surface area contributed by atoms with E-state index in [1.54, 1.807) is 6.07 Å². The van der Waals surface area contributed by atoms with Gasteiger partial charge in [-0.25, -0.2) is 9.98 Å². The Labute approximate surface area is 177 Å². The standard InChI is InChI=1S/C19H27N5O2.HI/c1-5-20-18(25)16-9-7-8-15(10-16)11-22-19(21-6-2)23-12-17-24-13(3)14(4)26-17;/h7-10H,5-6,11-12H2,1-4H3,(H,20,25)(H2,21,22,23);1H. The van der Waals surface area contributed by atoms with Gasteiger partial charge in [0.05, 0.1) is 18.8 Å². The molecule has 148 valence electrons. The van der Waals surface area contributed by atoms with Crippen LogP contribution in [0, 0.1) is 13.8 Å². The number of halogens is 1. The highest BCUT2D eigenvalue weighted by Crippen LogP contribution is 2.08. The summed E-state index contributed by atoms with van der Waals surface area (Å²) in [6, 6.07) is 7.48. The molecule has 0 aliphatic rings. The lowest BCUT2D eigenvalue weighted by Gasteiger charge is -2.10. The molecule has 2 aromatic rings. The van der Waals surface area contributed by atoms with Gasteiger partial charge >= 0.3 is 0 Å². The molecule has 1 amide bonds. The molecule has 0 atom stereocenters.